The van der Waals surface area contributed by atoms with Crippen LogP contribution in [0.4, 0.5) is 5.69 Å². The fourth-order valence-corrected chi connectivity index (χ4v) is 5.31. The fraction of sp³-hybridized carbons (Fsp3) is 0.516. The Labute approximate surface area is 241 Å². The van der Waals surface area contributed by atoms with Gasteiger partial charge in [0.1, 0.15) is 18.1 Å². The molecule has 2 aliphatic heterocycles. The van der Waals surface area contributed by atoms with E-state index in [1.807, 2.05) is 18.7 Å². The molecule has 0 aliphatic carbocycles. The van der Waals surface area contributed by atoms with Crippen LogP contribution in [-0.2, 0) is 14.3 Å². The molecule has 0 radical (unpaired) electrons. The number of fused-ring (bicyclic) bond motifs is 1. The number of ether oxygens (including phenoxy) is 4. The zero-order valence-electron chi connectivity index (χ0n) is 24.6. The van der Waals surface area contributed by atoms with E-state index in [1.165, 1.54) is 0 Å². The molecule has 2 aliphatic rings. The van der Waals surface area contributed by atoms with Crippen LogP contribution in [0, 0.1) is 11.8 Å². The van der Waals surface area contributed by atoms with Gasteiger partial charge in [0.05, 0.1) is 24.8 Å². The third-order valence-electron chi connectivity index (χ3n) is 7.89. The lowest BCUT2D eigenvalue weighted by molar-refractivity contribution is -0.142. The van der Waals surface area contributed by atoms with Gasteiger partial charge < -0.3 is 34.1 Å². The molecule has 4 rings (SSSR count). The second kappa shape index (κ2) is 13.8. The standard InChI is InChI=1S/C31H41N3O7/c1-20-17-34(30(36)22-11-13-40-14-12-22)21(2)19-41-27-10-9-24(16-26(27)31(37)33(3)18-28(20)39-5)32-29(35)23-7-6-8-25(15-23)38-4/h6-10,15-16,20-22,28H,11-14,17-19H2,1-5H3,(H,32,35)/t20-,21-,28-/m1/s1. The number of benzene rings is 2. The van der Waals surface area contributed by atoms with Gasteiger partial charge in [-0.1, -0.05) is 13.0 Å². The molecule has 2 heterocycles. The molecule has 41 heavy (non-hydrogen) atoms. The van der Waals surface area contributed by atoms with E-state index >= 15 is 0 Å². The number of nitrogens with one attached hydrogen (secondary N) is 1. The van der Waals surface area contributed by atoms with Crippen LogP contribution in [0.15, 0.2) is 42.5 Å². The fourth-order valence-electron chi connectivity index (χ4n) is 5.31. The summed E-state index contributed by atoms with van der Waals surface area (Å²) in [5.74, 6) is 0.352. The van der Waals surface area contributed by atoms with E-state index < -0.39 is 0 Å². The van der Waals surface area contributed by atoms with Crippen molar-refractivity contribution in [2.24, 2.45) is 11.8 Å². The molecule has 0 unspecified atom stereocenters. The highest BCUT2D eigenvalue weighted by Gasteiger charge is 2.34. The normalized spacial score (nSPS) is 22.6. The number of hydrogen-bond acceptors (Lipinski definition) is 7. The smallest absolute Gasteiger partial charge is 0.257 e. The van der Waals surface area contributed by atoms with Gasteiger partial charge in [-0.3, -0.25) is 14.4 Å². The van der Waals surface area contributed by atoms with Crippen LogP contribution >= 0.6 is 0 Å². The maximum atomic E-state index is 13.7. The minimum Gasteiger partial charge on any atom is -0.497 e. The monoisotopic (exact) mass is 567 g/mol. The minimum atomic E-state index is -0.331. The van der Waals surface area contributed by atoms with Crippen molar-refractivity contribution in [1.82, 2.24) is 9.80 Å². The van der Waals surface area contributed by atoms with Crippen molar-refractivity contribution in [1.29, 1.82) is 0 Å². The van der Waals surface area contributed by atoms with Crippen molar-refractivity contribution in [3.05, 3.63) is 53.6 Å². The maximum absolute atomic E-state index is 13.7. The lowest BCUT2D eigenvalue weighted by Gasteiger charge is -2.38. The molecule has 10 nitrogen and oxygen atoms in total. The number of carbonyl (C=O) groups excluding carboxylic acids is 3. The van der Waals surface area contributed by atoms with E-state index in [-0.39, 0.29) is 48.3 Å². The third kappa shape index (κ3) is 7.37. The topological polar surface area (TPSA) is 107 Å². The Kier molecular flexibility index (Phi) is 10.2. The lowest BCUT2D eigenvalue weighted by Crippen LogP contribution is -2.50. The molecule has 3 amide bonds. The Morgan fingerprint density at radius 3 is 2.49 bits per heavy atom. The number of rotatable bonds is 5. The van der Waals surface area contributed by atoms with Crippen LogP contribution in [0.25, 0.3) is 0 Å². The van der Waals surface area contributed by atoms with Gasteiger partial charge in [-0.25, -0.2) is 0 Å². The van der Waals surface area contributed by atoms with Crippen LogP contribution in [-0.4, -0.2) is 93.8 Å². The van der Waals surface area contributed by atoms with Crippen molar-refractivity contribution >= 4 is 23.4 Å². The van der Waals surface area contributed by atoms with E-state index in [0.29, 0.717) is 67.5 Å². The van der Waals surface area contributed by atoms with Gasteiger partial charge in [0, 0.05) is 63.5 Å². The molecule has 1 saturated heterocycles. The Hall–Kier alpha value is -3.63. The van der Waals surface area contributed by atoms with Crippen molar-refractivity contribution in [2.45, 2.75) is 38.8 Å². The van der Waals surface area contributed by atoms with E-state index in [9.17, 15) is 14.4 Å². The van der Waals surface area contributed by atoms with Crippen LogP contribution in [0.3, 0.4) is 0 Å². The Morgan fingerprint density at radius 2 is 1.78 bits per heavy atom. The van der Waals surface area contributed by atoms with Gasteiger partial charge in [0.2, 0.25) is 5.91 Å². The van der Waals surface area contributed by atoms with Crippen molar-refractivity contribution in [3.63, 3.8) is 0 Å². The second-order valence-corrected chi connectivity index (χ2v) is 10.9. The van der Waals surface area contributed by atoms with Gasteiger partial charge in [-0.05, 0) is 56.2 Å². The Morgan fingerprint density at radius 1 is 1.02 bits per heavy atom. The zero-order valence-corrected chi connectivity index (χ0v) is 24.6. The highest BCUT2D eigenvalue weighted by Crippen LogP contribution is 2.28. The summed E-state index contributed by atoms with van der Waals surface area (Å²) >= 11 is 0. The minimum absolute atomic E-state index is 0.0335. The largest absolute Gasteiger partial charge is 0.497 e. The molecule has 0 spiro atoms. The zero-order chi connectivity index (χ0) is 29.5. The van der Waals surface area contributed by atoms with Gasteiger partial charge in [-0.2, -0.15) is 0 Å². The number of methoxy groups -OCH3 is 2. The highest BCUT2D eigenvalue weighted by atomic mass is 16.5. The molecule has 3 atom stereocenters. The van der Waals surface area contributed by atoms with E-state index in [4.69, 9.17) is 18.9 Å². The summed E-state index contributed by atoms with van der Waals surface area (Å²) in [4.78, 5) is 43.7. The second-order valence-electron chi connectivity index (χ2n) is 10.9. The third-order valence-corrected chi connectivity index (χ3v) is 7.89. The number of hydrogen-bond donors (Lipinski definition) is 1. The number of carbonyl (C=O) groups is 3. The van der Waals surface area contributed by atoms with Gasteiger partial charge in [0.25, 0.3) is 11.8 Å². The number of likely N-dealkylation sites (N-methyl/N-ethyl adjacent to an activating group) is 1. The molecular weight excluding hydrogens is 526 g/mol. The van der Waals surface area contributed by atoms with Crippen LogP contribution < -0.4 is 14.8 Å². The quantitative estimate of drug-likeness (QED) is 0.587. The van der Waals surface area contributed by atoms with Crippen LogP contribution in [0.2, 0.25) is 0 Å². The van der Waals surface area contributed by atoms with E-state index in [0.717, 1.165) is 0 Å². The average Bonchev–Trinajstić information content (AvgIpc) is 3.00. The van der Waals surface area contributed by atoms with Crippen molar-refractivity contribution in [2.75, 3.05) is 59.5 Å². The van der Waals surface area contributed by atoms with Gasteiger partial charge in [-0.15, -0.1) is 0 Å². The van der Waals surface area contributed by atoms with E-state index in [2.05, 4.69) is 5.32 Å². The number of nitrogens with zero attached hydrogens (tertiary/aromatic N) is 2. The number of anilines is 1. The molecule has 222 valence electrons. The molecule has 1 fully saturated rings. The summed E-state index contributed by atoms with van der Waals surface area (Å²) in [6.45, 7) is 6.20. The maximum Gasteiger partial charge on any atom is 0.257 e. The first-order valence-corrected chi connectivity index (χ1v) is 14.1. The first-order valence-electron chi connectivity index (χ1n) is 14.1. The Balaban J connectivity index is 1.62. The van der Waals surface area contributed by atoms with Crippen molar-refractivity contribution < 1.29 is 33.3 Å². The molecule has 2 aromatic rings. The molecule has 10 heteroatoms. The summed E-state index contributed by atoms with van der Waals surface area (Å²) in [6, 6.07) is 11.6. The summed E-state index contributed by atoms with van der Waals surface area (Å²) in [5, 5.41) is 2.87. The summed E-state index contributed by atoms with van der Waals surface area (Å²) in [6.07, 6.45) is 1.12. The first kappa shape index (κ1) is 30.3. The SMILES string of the molecule is COc1cccc(C(=O)Nc2ccc3c(c2)C(=O)N(C)C[C@@H](OC)[C@H](C)CN(C(=O)C2CCOCC2)[C@H](C)CO3)c1. The first-order chi connectivity index (χ1) is 19.7. The molecule has 2 aromatic carbocycles. The van der Waals surface area contributed by atoms with Crippen molar-refractivity contribution in [3.8, 4) is 11.5 Å². The molecule has 0 aromatic heterocycles. The van der Waals surface area contributed by atoms with Gasteiger partial charge >= 0.3 is 0 Å². The average molecular weight is 568 g/mol. The van der Waals surface area contributed by atoms with E-state index in [1.54, 1.807) is 68.6 Å². The summed E-state index contributed by atoms with van der Waals surface area (Å²) in [7, 11) is 4.88. The van der Waals surface area contributed by atoms with Crippen LogP contribution in [0.5, 0.6) is 11.5 Å². The van der Waals surface area contributed by atoms with Gasteiger partial charge in [0.15, 0.2) is 0 Å². The Bertz CT molecular complexity index is 1230. The number of amides is 3. The molecule has 0 bridgehead atoms. The molecule has 1 N–H and O–H groups in total. The summed E-state index contributed by atoms with van der Waals surface area (Å²) in [5.41, 5.74) is 1.19. The predicted octanol–water partition coefficient (Wildman–Crippen LogP) is 3.71. The molecule has 0 saturated carbocycles. The molecular formula is C31H41N3O7. The summed E-state index contributed by atoms with van der Waals surface area (Å²) < 4.78 is 22.7. The predicted molar refractivity (Wildman–Crippen MR) is 155 cm³/mol. The van der Waals surface area contributed by atoms with Crippen LogP contribution in [0.1, 0.15) is 47.4 Å². The highest BCUT2D eigenvalue weighted by molar-refractivity contribution is 6.05. The lowest BCUT2D eigenvalue weighted by atomic mass is 9.95.